The molecule has 0 unspecified atom stereocenters. The standard InChI is InChI=1S/C88H121N23O22S/c1-7-9-19-67-81(126)103-63(36-90)79(124)105-65(76(121)95-39-72(92)116)44-134-45-73(117)97-59(30-48-23-25-52(113)26-24-48)84(129)106(4)47(3)75(120)100-62(35-71(91)115)86(131)110-29-15-22-68(110)82(127)104-64(43-112)80(125)102-61(33-51-38-93-46-96-51)87(132)111-41-53(114)34-70(111)83(128)99-58(31-49-37-94-56-18-13-11-16-54(49)56)78(123)98-57(27-28-89)77(122)101-60(85(130)108(6)69(20-10-8-2)88(133)107(67)5)32-50-40-109(42-74(118)119)66-21-14-12-17-55(50)66/h11-14,16-18,21,23-26,37-38,40,46-47,53,57-65,67-70,94,112-114H,7-10,15,19-20,22,27-36,39,41-45,89-90H2,1-6H3,(H2,91,115)(H2,92,116)(H,93,96)(H,95,121)(H,97,117)(H,98,123)(H,99,128)(H,100,120)(H,101,122)(H,102,125)(H,103,126)(H,104,127)(H,105,124)(H,118,119)/t47-,53+,57-,58-,59-,60-,61-,62+,63-,64-,65-,67-,68-,69-,70-/m0/s1. The molecule has 0 saturated carbocycles. The molecule has 6 aromatic rings. The molecule has 24 N–H and O–H groups in total. The highest BCUT2D eigenvalue weighted by Crippen LogP contribution is 2.29. The predicted molar refractivity (Wildman–Crippen MR) is 485 cm³/mol. The Labute approximate surface area is 775 Å². The molecule has 3 aromatic carbocycles. The summed E-state index contributed by atoms with van der Waals surface area (Å²) in [4.78, 5) is 276. The number of H-pyrrole nitrogens is 2. The zero-order valence-corrected chi connectivity index (χ0v) is 76.2. The molecule has 3 fully saturated rings. The van der Waals surface area contributed by atoms with Crippen LogP contribution in [0.15, 0.2) is 97.7 Å². The third-order valence-electron chi connectivity index (χ3n) is 23.8. The van der Waals surface area contributed by atoms with Crippen molar-refractivity contribution in [1.29, 1.82) is 0 Å². The molecule has 3 saturated heterocycles. The fraction of sp³-hybridized carbons (Fsp3) is 0.511. The van der Waals surface area contributed by atoms with Crippen molar-refractivity contribution < 1.29 is 107 Å². The summed E-state index contributed by atoms with van der Waals surface area (Å²) < 4.78 is 1.42. The number of aromatic nitrogens is 4. The molecule has 134 heavy (non-hydrogen) atoms. The summed E-state index contributed by atoms with van der Waals surface area (Å²) in [6, 6.07) is -3.62. The average Bonchev–Trinajstić information content (AvgIpc) is 1.63. The number of carboxylic acids is 1. The number of hydrogen-bond donors (Lipinski definition) is 20. The summed E-state index contributed by atoms with van der Waals surface area (Å²) in [6.07, 6.45) is 2.67. The van der Waals surface area contributed by atoms with Gasteiger partial charge in [0.1, 0.15) is 96.9 Å². The average molecular weight is 1890 g/mol. The molecule has 0 spiro atoms. The van der Waals surface area contributed by atoms with Crippen LogP contribution in [-0.2, 0) is 119 Å². The lowest BCUT2D eigenvalue weighted by Crippen LogP contribution is -2.62. The Balaban J connectivity index is 1.10. The number of aliphatic carboxylic acids is 1. The van der Waals surface area contributed by atoms with Crippen LogP contribution < -0.4 is 76.1 Å². The molecule has 0 radical (unpaired) electrons. The first-order chi connectivity index (χ1) is 63.9. The molecule has 0 aliphatic carbocycles. The minimum Gasteiger partial charge on any atom is -0.508 e. The van der Waals surface area contributed by atoms with Gasteiger partial charge in [0.2, 0.25) is 100 Å². The van der Waals surface area contributed by atoms with Gasteiger partial charge in [-0.05, 0) is 86.5 Å². The van der Waals surface area contributed by atoms with Gasteiger partial charge < -0.3 is 136 Å². The predicted octanol–water partition coefficient (Wildman–Crippen LogP) is -5.37. The molecule has 726 valence electrons. The second-order valence-electron chi connectivity index (χ2n) is 33.5. The zero-order valence-electron chi connectivity index (χ0n) is 75.4. The SMILES string of the molecule is CCCC[C@H]1C(=O)N(C)[C@@H](CCCC)C(=O)N[C@@H](CN)C(=O)N[C@H](C(=O)NCC(N)=O)CSCC(=O)N[C@@H](Cc2ccc(O)cc2)C(=O)N(C)[C@@H](C)C(=O)N[C@H](CC(N)=O)C(=O)N2CCC[C@H]2C(=O)N[C@@H](CO)C(=O)N[C@@H](Cc2cnc[nH]2)C(=O)N2C[C@H](O)C[C@H]2C(=O)N[C@@H](Cc2c[nH]c3ccccc23)C(=O)N[C@@H](CCN)C(=O)N[C@@H](Cc2cn(CC(=O)O)c3ccccc23)C(=O)N1C. The van der Waals surface area contributed by atoms with Crippen LogP contribution in [0.1, 0.15) is 114 Å². The van der Waals surface area contributed by atoms with Gasteiger partial charge in [-0.1, -0.05) is 88.1 Å². The quantitative estimate of drug-likeness (QED) is 0.0254. The lowest BCUT2D eigenvalue weighted by molar-refractivity contribution is -0.149. The van der Waals surface area contributed by atoms with E-state index in [1.54, 1.807) is 54.7 Å². The Morgan fingerprint density at radius 2 is 1.14 bits per heavy atom. The van der Waals surface area contributed by atoms with Crippen molar-refractivity contribution in [2.24, 2.45) is 22.9 Å². The number of carboxylic acid groups (broad SMARTS) is 1. The molecule has 17 amide bonds. The molecular formula is C88H121N23O22S. The van der Waals surface area contributed by atoms with Crippen molar-refractivity contribution in [2.45, 2.75) is 214 Å². The number of aliphatic hydroxyl groups excluding tert-OH is 2. The number of unbranched alkanes of at least 4 members (excludes halogenated alkanes) is 2. The smallest absolute Gasteiger partial charge is 0.323 e. The number of para-hydroxylation sites is 2. The highest BCUT2D eigenvalue weighted by atomic mass is 32.2. The Hall–Kier alpha value is -13.6. The number of phenolic OH excluding ortho intramolecular Hbond substituents is 1. The molecule has 15 atom stereocenters. The summed E-state index contributed by atoms with van der Waals surface area (Å²) in [5.41, 5.74) is 26.0. The number of nitrogens with two attached hydrogens (primary N) is 4. The number of thioether (sulfide) groups is 1. The van der Waals surface area contributed by atoms with Crippen LogP contribution in [0.3, 0.4) is 0 Å². The first-order valence-corrected chi connectivity index (χ1v) is 45.4. The first kappa shape index (κ1) is 104. The monoisotopic (exact) mass is 1880 g/mol. The summed E-state index contributed by atoms with van der Waals surface area (Å²) in [6.45, 7) is 0.831. The number of aromatic hydroxyl groups is 1. The van der Waals surface area contributed by atoms with E-state index in [-0.39, 0.29) is 69.5 Å². The number of rotatable bonds is 25. The Bertz CT molecular complexity index is 5230. The summed E-state index contributed by atoms with van der Waals surface area (Å²) >= 11 is 0.738. The van der Waals surface area contributed by atoms with Gasteiger partial charge in [0.05, 0.1) is 37.8 Å². The maximum Gasteiger partial charge on any atom is 0.323 e. The molecule has 3 aliphatic heterocycles. The molecule has 46 heteroatoms. The van der Waals surface area contributed by atoms with Crippen LogP contribution >= 0.6 is 11.8 Å². The second-order valence-corrected chi connectivity index (χ2v) is 34.5. The van der Waals surface area contributed by atoms with Crippen molar-refractivity contribution in [3.63, 3.8) is 0 Å². The third kappa shape index (κ3) is 27.8. The van der Waals surface area contributed by atoms with E-state index in [0.717, 1.165) is 36.3 Å². The summed E-state index contributed by atoms with van der Waals surface area (Å²) in [5, 5.41) is 69.4. The van der Waals surface area contributed by atoms with Gasteiger partial charge in [0.15, 0.2) is 0 Å². The number of benzene rings is 3. The number of carbonyl (C=O) groups is 18. The van der Waals surface area contributed by atoms with Crippen LogP contribution in [0.25, 0.3) is 21.8 Å². The molecule has 0 bridgehead atoms. The largest absolute Gasteiger partial charge is 0.508 e. The van der Waals surface area contributed by atoms with E-state index < -0.39 is 267 Å². The lowest BCUT2D eigenvalue weighted by Gasteiger charge is -2.36. The fourth-order valence-electron chi connectivity index (χ4n) is 16.4. The molecule has 9 rings (SSSR count). The van der Waals surface area contributed by atoms with E-state index in [4.69, 9.17) is 22.9 Å². The van der Waals surface area contributed by atoms with Crippen LogP contribution in [0, 0.1) is 0 Å². The van der Waals surface area contributed by atoms with Gasteiger partial charge in [0.25, 0.3) is 0 Å². The topological polar surface area (TPSA) is 678 Å². The van der Waals surface area contributed by atoms with E-state index in [2.05, 4.69) is 68.1 Å². The van der Waals surface area contributed by atoms with Crippen molar-refractivity contribution in [3.8, 4) is 5.75 Å². The number of imidazole rings is 1. The number of carbonyl (C=O) groups excluding carboxylic acids is 17. The number of nitrogens with one attached hydrogen (secondary N) is 12. The zero-order chi connectivity index (χ0) is 97.9. The highest BCUT2D eigenvalue weighted by molar-refractivity contribution is 8.00. The van der Waals surface area contributed by atoms with Crippen LogP contribution in [0.5, 0.6) is 5.75 Å². The van der Waals surface area contributed by atoms with Crippen molar-refractivity contribution in [2.75, 3.05) is 72.0 Å². The number of likely N-dealkylation sites (N-methyl/N-ethyl adjacent to an activating group) is 3. The molecule has 3 aromatic heterocycles. The van der Waals surface area contributed by atoms with Gasteiger partial charge >= 0.3 is 5.97 Å². The van der Waals surface area contributed by atoms with Crippen LogP contribution in [-0.4, -0.2) is 334 Å². The molecule has 6 heterocycles. The van der Waals surface area contributed by atoms with Gasteiger partial charge in [-0.15, -0.1) is 11.8 Å². The molecular weight excluding hydrogens is 1760 g/mol. The van der Waals surface area contributed by atoms with E-state index in [0.29, 0.717) is 64.2 Å². The Morgan fingerprint density at radius 3 is 1.79 bits per heavy atom. The number of nitrogens with zero attached hydrogens (tertiary/aromatic N) is 7. The van der Waals surface area contributed by atoms with E-state index >= 15 is 28.8 Å². The lowest BCUT2D eigenvalue weighted by atomic mass is 10.00. The van der Waals surface area contributed by atoms with E-state index in [1.807, 2.05) is 13.8 Å². The third-order valence-corrected chi connectivity index (χ3v) is 24.9. The number of aromatic amines is 2. The van der Waals surface area contributed by atoms with Crippen molar-refractivity contribution >= 4 is 140 Å². The maximum absolute atomic E-state index is 15.9. The van der Waals surface area contributed by atoms with E-state index in [1.165, 1.54) is 75.6 Å². The van der Waals surface area contributed by atoms with Crippen molar-refractivity contribution in [3.05, 3.63) is 120 Å². The second kappa shape index (κ2) is 49.2. The Kier molecular flexibility index (Phi) is 38.2. The van der Waals surface area contributed by atoms with Crippen molar-refractivity contribution in [1.82, 2.24) is 97.2 Å². The molecule has 3 aliphatic rings. The van der Waals surface area contributed by atoms with Gasteiger partial charge in [0, 0.05) is 125 Å². The normalized spacial score (nSPS) is 24.9. The molecule has 45 nitrogen and oxygen atoms in total. The number of hydrogen-bond acceptors (Lipinski definition) is 25. The van der Waals surface area contributed by atoms with E-state index in [9.17, 15) is 78.0 Å². The van der Waals surface area contributed by atoms with Gasteiger partial charge in [-0.25, -0.2) is 4.98 Å². The number of aliphatic hydroxyl groups is 2. The number of primary amides is 2. The number of fused-ring (bicyclic) bond motifs is 4. The first-order valence-electron chi connectivity index (χ1n) is 44.2. The minimum atomic E-state index is -1.90. The summed E-state index contributed by atoms with van der Waals surface area (Å²) in [7, 11) is 3.81. The van der Waals surface area contributed by atoms with Gasteiger partial charge in [-0.2, -0.15) is 0 Å². The number of phenols is 1. The summed E-state index contributed by atoms with van der Waals surface area (Å²) in [5.74, 6) is -19.3. The Morgan fingerprint density at radius 1 is 0.567 bits per heavy atom. The van der Waals surface area contributed by atoms with Crippen LogP contribution in [0.4, 0.5) is 0 Å². The number of amides is 17. The highest BCUT2D eigenvalue weighted by Gasteiger charge is 2.47. The van der Waals surface area contributed by atoms with Gasteiger partial charge in [-0.3, -0.25) is 86.3 Å². The maximum atomic E-state index is 15.9. The minimum absolute atomic E-state index is 0.0446. The van der Waals surface area contributed by atoms with Crippen LogP contribution in [0.2, 0.25) is 0 Å². The fourth-order valence-corrected chi connectivity index (χ4v) is 17.3.